The van der Waals surface area contributed by atoms with E-state index in [2.05, 4.69) is 42.7 Å². The molecule has 0 bridgehead atoms. The summed E-state index contributed by atoms with van der Waals surface area (Å²) in [6, 6.07) is 8.33. The summed E-state index contributed by atoms with van der Waals surface area (Å²) >= 11 is 0. The first-order chi connectivity index (χ1) is 9.19. The molecule has 1 aliphatic rings. The molecule has 1 saturated heterocycles. The van der Waals surface area contributed by atoms with Gasteiger partial charge in [-0.15, -0.1) is 0 Å². The molecule has 0 spiro atoms. The lowest BCUT2D eigenvalue weighted by atomic mass is 9.88. The fourth-order valence-corrected chi connectivity index (χ4v) is 2.64. The molecule has 0 aromatic heterocycles. The van der Waals surface area contributed by atoms with E-state index in [1.807, 2.05) is 12.1 Å². The maximum absolute atomic E-state index is 8.73. The highest BCUT2D eigenvalue weighted by atomic mass is 16.2. The molecule has 2 nitrogen and oxygen atoms in total. The Labute approximate surface area is 116 Å². The molecule has 1 fully saturated rings. The molecule has 2 unspecified atom stereocenters. The van der Waals surface area contributed by atoms with E-state index < -0.39 is 0 Å². The monoisotopic (exact) mass is 257 g/mol. The van der Waals surface area contributed by atoms with Gasteiger partial charge in [-0.2, -0.15) is 0 Å². The Hall–Kier alpha value is -1.30. The highest BCUT2D eigenvalue weighted by Crippen LogP contribution is 2.23. The van der Waals surface area contributed by atoms with E-state index in [1.54, 1.807) is 0 Å². The van der Waals surface area contributed by atoms with Gasteiger partial charge in [0.1, 0.15) is 6.61 Å². The molecule has 1 heterocycles. The lowest BCUT2D eigenvalue weighted by Crippen LogP contribution is -2.37. The van der Waals surface area contributed by atoms with E-state index in [0.717, 1.165) is 23.9 Å². The summed E-state index contributed by atoms with van der Waals surface area (Å²) < 4.78 is 0. The van der Waals surface area contributed by atoms with Crippen molar-refractivity contribution in [3.05, 3.63) is 35.4 Å². The predicted molar refractivity (Wildman–Crippen MR) is 78.6 cm³/mol. The van der Waals surface area contributed by atoms with Crippen LogP contribution in [0, 0.1) is 23.7 Å². The largest absolute Gasteiger partial charge is 0.384 e. The Morgan fingerprint density at radius 2 is 2.16 bits per heavy atom. The first kappa shape index (κ1) is 14.1. The van der Waals surface area contributed by atoms with Gasteiger partial charge >= 0.3 is 0 Å². The zero-order chi connectivity index (χ0) is 13.7. The van der Waals surface area contributed by atoms with E-state index in [-0.39, 0.29) is 6.61 Å². The highest BCUT2D eigenvalue weighted by Gasteiger charge is 2.22. The molecule has 0 aliphatic carbocycles. The van der Waals surface area contributed by atoms with Crippen molar-refractivity contribution < 1.29 is 5.11 Å². The Balaban J connectivity index is 1.99. The van der Waals surface area contributed by atoms with Gasteiger partial charge in [-0.1, -0.05) is 37.8 Å². The van der Waals surface area contributed by atoms with Gasteiger partial charge in [-0.05, 0) is 42.5 Å². The van der Waals surface area contributed by atoms with Crippen LogP contribution in [0.2, 0.25) is 0 Å². The van der Waals surface area contributed by atoms with Gasteiger partial charge in [0.25, 0.3) is 0 Å². The summed E-state index contributed by atoms with van der Waals surface area (Å²) in [5, 5.41) is 8.73. The van der Waals surface area contributed by atoms with Crippen molar-refractivity contribution in [2.24, 2.45) is 11.8 Å². The van der Waals surface area contributed by atoms with Crippen molar-refractivity contribution >= 4 is 0 Å². The Kier molecular flexibility index (Phi) is 5.01. The first-order valence-corrected chi connectivity index (χ1v) is 7.10. The fraction of sp³-hybridized carbons (Fsp3) is 0.529. The zero-order valence-electron chi connectivity index (χ0n) is 11.9. The normalized spacial score (nSPS) is 23.7. The molecular weight excluding hydrogens is 234 g/mol. The van der Waals surface area contributed by atoms with Crippen LogP contribution in [0.25, 0.3) is 0 Å². The van der Waals surface area contributed by atoms with E-state index >= 15 is 0 Å². The molecular formula is C17H23NO. The topological polar surface area (TPSA) is 23.5 Å². The maximum atomic E-state index is 8.73. The van der Waals surface area contributed by atoms with Crippen molar-refractivity contribution in [3.63, 3.8) is 0 Å². The summed E-state index contributed by atoms with van der Waals surface area (Å²) in [7, 11) is 0. The van der Waals surface area contributed by atoms with Gasteiger partial charge in [0.15, 0.2) is 0 Å². The van der Waals surface area contributed by atoms with E-state index in [1.165, 1.54) is 25.1 Å². The highest BCUT2D eigenvalue weighted by molar-refractivity contribution is 5.37. The number of aliphatic hydroxyl groups excluding tert-OH is 1. The van der Waals surface area contributed by atoms with Crippen LogP contribution in [-0.4, -0.2) is 29.7 Å². The minimum atomic E-state index is -0.0776. The van der Waals surface area contributed by atoms with Crippen LogP contribution in [0.3, 0.4) is 0 Å². The number of rotatable bonds is 2. The average molecular weight is 257 g/mol. The second kappa shape index (κ2) is 6.75. The number of benzene rings is 1. The van der Waals surface area contributed by atoms with Crippen molar-refractivity contribution in [1.82, 2.24) is 4.90 Å². The summed E-state index contributed by atoms with van der Waals surface area (Å²) in [6.45, 7) is 8.01. The van der Waals surface area contributed by atoms with Gasteiger partial charge < -0.3 is 5.11 Å². The van der Waals surface area contributed by atoms with E-state index in [9.17, 15) is 0 Å². The molecule has 102 valence electrons. The third-order valence-corrected chi connectivity index (χ3v) is 4.06. The van der Waals surface area contributed by atoms with Crippen molar-refractivity contribution in [2.75, 3.05) is 19.7 Å². The number of piperidine rings is 1. The molecule has 2 rings (SSSR count). The zero-order valence-corrected chi connectivity index (χ0v) is 11.9. The van der Waals surface area contributed by atoms with E-state index in [0.29, 0.717) is 0 Å². The molecule has 0 amide bonds. The summed E-state index contributed by atoms with van der Waals surface area (Å²) in [6.07, 6.45) is 1.30. The van der Waals surface area contributed by atoms with Gasteiger partial charge in [-0.3, -0.25) is 4.90 Å². The van der Waals surface area contributed by atoms with Crippen molar-refractivity contribution in [3.8, 4) is 11.8 Å². The molecule has 2 heteroatoms. The molecule has 1 N–H and O–H groups in total. The number of likely N-dealkylation sites (tertiary alicyclic amines) is 1. The van der Waals surface area contributed by atoms with Crippen LogP contribution >= 0.6 is 0 Å². The molecule has 19 heavy (non-hydrogen) atoms. The minimum absolute atomic E-state index is 0.0776. The van der Waals surface area contributed by atoms with Gasteiger partial charge in [0, 0.05) is 18.7 Å². The summed E-state index contributed by atoms with van der Waals surface area (Å²) in [5.41, 5.74) is 2.30. The van der Waals surface area contributed by atoms with Crippen LogP contribution in [0.5, 0.6) is 0 Å². The Morgan fingerprint density at radius 3 is 2.89 bits per heavy atom. The number of hydrogen-bond donors (Lipinski definition) is 1. The standard InChI is InChI=1S/C17H23NO/c1-14-8-9-18(12-15(14)2)13-17-6-3-5-16(11-17)7-4-10-19/h3,5-6,11,14-15,19H,8-10,12-13H2,1-2H3. The van der Waals surface area contributed by atoms with Crippen LogP contribution in [0.4, 0.5) is 0 Å². The Morgan fingerprint density at radius 1 is 1.32 bits per heavy atom. The summed E-state index contributed by atoms with van der Waals surface area (Å²) in [5.74, 6) is 7.30. The van der Waals surface area contributed by atoms with Crippen LogP contribution in [0.15, 0.2) is 24.3 Å². The molecule has 2 atom stereocenters. The quantitative estimate of drug-likeness (QED) is 0.823. The first-order valence-electron chi connectivity index (χ1n) is 7.10. The Bertz CT molecular complexity index is 472. The molecule has 0 saturated carbocycles. The predicted octanol–water partition coefficient (Wildman–Crippen LogP) is 2.51. The molecule has 0 radical (unpaired) electrons. The number of hydrogen-bond acceptors (Lipinski definition) is 2. The van der Waals surface area contributed by atoms with Crippen LogP contribution < -0.4 is 0 Å². The van der Waals surface area contributed by atoms with Gasteiger partial charge in [-0.25, -0.2) is 0 Å². The van der Waals surface area contributed by atoms with Crippen LogP contribution in [-0.2, 0) is 6.54 Å². The smallest absolute Gasteiger partial charge is 0.104 e. The lowest BCUT2D eigenvalue weighted by Gasteiger charge is -2.35. The summed E-state index contributed by atoms with van der Waals surface area (Å²) in [4.78, 5) is 2.53. The second-order valence-electron chi connectivity index (χ2n) is 5.64. The maximum Gasteiger partial charge on any atom is 0.104 e. The number of aliphatic hydroxyl groups is 1. The number of nitrogens with zero attached hydrogens (tertiary/aromatic N) is 1. The fourth-order valence-electron chi connectivity index (χ4n) is 2.64. The van der Waals surface area contributed by atoms with Crippen LogP contribution in [0.1, 0.15) is 31.4 Å². The minimum Gasteiger partial charge on any atom is -0.384 e. The third kappa shape index (κ3) is 4.09. The van der Waals surface area contributed by atoms with Crippen molar-refractivity contribution in [2.45, 2.75) is 26.8 Å². The van der Waals surface area contributed by atoms with Gasteiger partial charge in [0.2, 0.25) is 0 Å². The second-order valence-corrected chi connectivity index (χ2v) is 5.64. The lowest BCUT2D eigenvalue weighted by molar-refractivity contribution is 0.132. The SMILES string of the molecule is CC1CCN(Cc2cccc(C#CCO)c2)CC1C. The van der Waals surface area contributed by atoms with Gasteiger partial charge in [0.05, 0.1) is 0 Å². The third-order valence-electron chi connectivity index (χ3n) is 4.06. The molecule has 1 aliphatic heterocycles. The van der Waals surface area contributed by atoms with E-state index in [4.69, 9.17) is 5.11 Å². The average Bonchev–Trinajstić information content (AvgIpc) is 2.41. The molecule has 1 aromatic rings. The van der Waals surface area contributed by atoms with Crippen molar-refractivity contribution in [1.29, 1.82) is 0 Å². The molecule has 1 aromatic carbocycles.